The van der Waals surface area contributed by atoms with Crippen LogP contribution in [0, 0.1) is 11.3 Å². The van der Waals surface area contributed by atoms with Gasteiger partial charge in [0.25, 0.3) is 0 Å². The molecule has 0 aliphatic carbocycles. The Morgan fingerprint density at radius 1 is 1.27 bits per heavy atom. The average Bonchev–Trinajstić information content (AvgIpc) is 2.65. The van der Waals surface area contributed by atoms with Crippen LogP contribution < -0.4 is 14.8 Å². The fraction of sp³-hybridized carbons (Fsp3) is 0.300. The third-order valence-electron chi connectivity index (χ3n) is 3.82. The number of amides is 1. The highest BCUT2D eigenvalue weighted by Crippen LogP contribution is 2.28. The number of methoxy groups -OCH3 is 1. The van der Waals surface area contributed by atoms with Gasteiger partial charge in [0, 0.05) is 17.5 Å². The summed E-state index contributed by atoms with van der Waals surface area (Å²) in [4.78, 5) is 12.1. The number of benzene rings is 2. The van der Waals surface area contributed by atoms with Gasteiger partial charge in [0.05, 0.1) is 31.4 Å². The molecule has 5 nitrogen and oxygen atoms in total. The van der Waals surface area contributed by atoms with Crippen molar-refractivity contribution in [1.82, 2.24) is 5.32 Å². The Morgan fingerprint density at radius 2 is 2.08 bits per heavy atom. The summed E-state index contributed by atoms with van der Waals surface area (Å²) in [5.41, 5.74) is 1.47. The van der Waals surface area contributed by atoms with E-state index in [0.29, 0.717) is 41.5 Å². The minimum atomic E-state index is -0.110. The van der Waals surface area contributed by atoms with Crippen LogP contribution in [-0.4, -0.2) is 19.6 Å². The highest BCUT2D eigenvalue weighted by atomic mass is 35.5. The zero-order valence-corrected chi connectivity index (χ0v) is 15.5. The van der Waals surface area contributed by atoms with Crippen LogP contribution >= 0.6 is 11.6 Å². The summed E-state index contributed by atoms with van der Waals surface area (Å²) in [5, 5.41) is 12.5. The van der Waals surface area contributed by atoms with Crippen molar-refractivity contribution >= 4 is 17.5 Å². The van der Waals surface area contributed by atoms with Crippen molar-refractivity contribution in [2.75, 3.05) is 13.7 Å². The van der Waals surface area contributed by atoms with Gasteiger partial charge < -0.3 is 14.8 Å². The van der Waals surface area contributed by atoms with Crippen molar-refractivity contribution in [2.45, 2.75) is 25.8 Å². The number of rotatable bonds is 8. The number of nitriles is 1. The van der Waals surface area contributed by atoms with Gasteiger partial charge in [0.1, 0.15) is 0 Å². The van der Waals surface area contributed by atoms with Crippen molar-refractivity contribution in [1.29, 1.82) is 5.26 Å². The number of ether oxygens (including phenoxy) is 2. The molecule has 0 spiro atoms. The van der Waals surface area contributed by atoms with E-state index in [1.807, 2.05) is 31.2 Å². The van der Waals surface area contributed by atoms with Crippen LogP contribution in [0.3, 0.4) is 0 Å². The number of hydrogen-bond acceptors (Lipinski definition) is 4. The molecule has 0 heterocycles. The van der Waals surface area contributed by atoms with E-state index >= 15 is 0 Å². The van der Waals surface area contributed by atoms with Gasteiger partial charge in [-0.3, -0.25) is 4.79 Å². The minimum absolute atomic E-state index is 0.0483. The quantitative estimate of drug-likeness (QED) is 0.703. The van der Waals surface area contributed by atoms with Crippen LogP contribution in [0.2, 0.25) is 5.02 Å². The van der Waals surface area contributed by atoms with Crippen molar-refractivity contribution in [3.8, 4) is 17.6 Å². The monoisotopic (exact) mass is 372 g/mol. The SMILES string of the molecule is COc1cc(C#N)ccc1OCCCC(=O)N[C@@H](C)c1cccc(Cl)c1. The maximum Gasteiger partial charge on any atom is 0.220 e. The molecule has 2 rings (SSSR count). The van der Waals surface area contributed by atoms with Crippen LogP contribution in [0.15, 0.2) is 42.5 Å². The number of carbonyl (C=O) groups excluding carboxylic acids is 1. The van der Waals surface area contributed by atoms with Gasteiger partial charge >= 0.3 is 0 Å². The van der Waals surface area contributed by atoms with Gasteiger partial charge in [-0.2, -0.15) is 5.26 Å². The summed E-state index contributed by atoms with van der Waals surface area (Å²) in [6.45, 7) is 2.29. The third-order valence-corrected chi connectivity index (χ3v) is 4.06. The van der Waals surface area contributed by atoms with Gasteiger partial charge in [-0.15, -0.1) is 0 Å². The Kier molecular flexibility index (Phi) is 7.31. The molecule has 26 heavy (non-hydrogen) atoms. The van der Waals surface area contributed by atoms with E-state index in [9.17, 15) is 4.79 Å². The molecule has 0 saturated carbocycles. The lowest BCUT2D eigenvalue weighted by atomic mass is 10.1. The summed E-state index contributed by atoms with van der Waals surface area (Å²) in [5.74, 6) is 1.01. The van der Waals surface area contributed by atoms with Crippen molar-refractivity contribution < 1.29 is 14.3 Å². The van der Waals surface area contributed by atoms with Gasteiger partial charge in [0.2, 0.25) is 5.91 Å². The molecular formula is C20H21ClN2O3. The Hall–Kier alpha value is -2.71. The highest BCUT2D eigenvalue weighted by molar-refractivity contribution is 6.30. The van der Waals surface area contributed by atoms with Gasteiger partial charge in [0.15, 0.2) is 11.5 Å². The molecule has 0 saturated heterocycles. The predicted molar refractivity (Wildman–Crippen MR) is 100 cm³/mol. The second kappa shape index (κ2) is 9.69. The number of nitrogens with zero attached hydrogens (tertiary/aromatic N) is 1. The van der Waals surface area contributed by atoms with Crippen molar-refractivity contribution in [3.05, 3.63) is 58.6 Å². The topological polar surface area (TPSA) is 71.3 Å². The standard InChI is InChI=1S/C20H21ClN2O3/c1-14(16-5-3-6-17(21)12-16)23-20(24)7-4-10-26-18-9-8-15(13-22)11-19(18)25-2/h3,5-6,8-9,11-12,14H,4,7,10H2,1-2H3,(H,23,24)/t14-/m0/s1. The molecule has 0 aliphatic rings. The summed E-state index contributed by atoms with van der Waals surface area (Å²) in [7, 11) is 1.52. The summed E-state index contributed by atoms with van der Waals surface area (Å²) in [6.07, 6.45) is 0.917. The highest BCUT2D eigenvalue weighted by Gasteiger charge is 2.10. The Labute approximate surface area is 158 Å². The number of hydrogen-bond donors (Lipinski definition) is 1. The molecule has 2 aromatic rings. The largest absolute Gasteiger partial charge is 0.493 e. The molecule has 2 aromatic carbocycles. The zero-order chi connectivity index (χ0) is 18.9. The van der Waals surface area contributed by atoms with Crippen LogP contribution in [-0.2, 0) is 4.79 Å². The minimum Gasteiger partial charge on any atom is -0.493 e. The second-order valence-electron chi connectivity index (χ2n) is 5.77. The van der Waals surface area contributed by atoms with E-state index in [1.165, 1.54) is 7.11 Å². The second-order valence-corrected chi connectivity index (χ2v) is 6.21. The maximum atomic E-state index is 12.1. The molecule has 0 aliphatic heterocycles. The van der Waals surface area contributed by atoms with E-state index in [2.05, 4.69) is 5.32 Å². The first-order valence-electron chi connectivity index (χ1n) is 8.29. The Morgan fingerprint density at radius 3 is 2.77 bits per heavy atom. The van der Waals surface area contributed by atoms with Crippen LogP contribution in [0.5, 0.6) is 11.5 Å². The molecule has 0 radical (unpaired) electrons. The van der Waals surface area contributed by atoms with E-state index in [1.54, 1.807) is 24.3 Å². The smallest absolute Gasteiger partial charge is 0.220 e. The van der Waals surface area contributed by atoms with Crippen LogP contribution in [0.1, 0.15) is 36.9 Å². The number of halogens is 1. The van der Waals surface area contributed by atoms with E-state index in [-0.39, 0.29) is 11.9 Å². The lowest BCUT2D eigenvalue weighted by Gasteiger charge is -2.15. The molecule has 0 aromatic heterocycles. The lowest BCUT2D eigenvalue weighted by molar-refractivity contribution is -0.121. The average molecular weight is 373 g/mol. The molecule has 136 valence electrons. The number of nitrogens with one attached hydrogen (secondary N) is 1. The Bertz CT molecular complexity index is 802. The molecule has 1 amide bonds. The van der Waals surface area contributed by atoms with Gasteiger partial charge in [-0.1, -0.05) is 23.7 Å². The fourth-order valence-corrected chi connectivity index (χ4v) is 2.64. The third kappa shape index (κ3) is 5.68. The molecule has 1 atom stereocenters. The fourth-order valence-electron chi connectivity index (χ4n) is 2.44. The molecule has 0 unspecified atom stereocenters. The predicted octanol–water partition coefficient (Wildman–Crippen LogP) is 4.26. The Balaban J connectivity index is 1.77. The van der Waals surface area contributed by atoms with Gasteiger partial charge in [-0.05, 0) is 43.2 Å². The van der Waals surface area contributed by atoms with Gasteiger partial charge in [-0.25, -0.2) is 0 Å². The van der Waals surface area contributed by atoms with E-state index in [0.717, 1.165) is 5.56 Å². The molecule has 0 fully saturated rings. The number of carbonyl (C=O) groups is 1. The van der Waals surface area contributed by atoms with E-state index < -0.39 is 0 Å². The molecule has 0 bridgehead atoms. The first-order chi connectivity index (χ1) is 12.5. The van der Waals surface area contributed by atoms with Crippen LogP contribution in [0.25, 0.3) is 0 Å². The first kappa shape index (κ1) is 19.6. The summed E-state index contributed by atoms with van der Waals surface area (Å²) in [6, 6.07) is 14.3. The normalized spacial score (nSPS) is 11.3. The van der Waals surface area contributed by atoms with Crippen molar-refractivity contribution in [3.63, 3.8) is 0 Å². The van der Waals surface area contributed by atoms with Crippen LogP contribution in [0.4, 0.5) is 0 Å². The summed E-state index contributed by atoms with van der Waals surface area (Å²) < 4.78 is 10.9. The van der Waals surface area contributed by atoms with Crippen molar-refractivity contribution in [2.24, 2.45) is 0 Å². The molecule has 6 heteroatoms. The first-order valence-corrected chi connectivity index (χ1v) is 8.67. The lowest BCUT2D eigenvalue weighted by Crippen LogP contribution is -2.26. The summed E-state index contributed by atoms with van der Waals surface area (Å²) >= 11 is 5.97. The maximum absolute atomic E-state index is 12.1. The molecular weight excluding hydrogens is 352 g/mol. The van der Waals surface area contributed by atoms with E-state index in [4.69, 9.17) is 26.3 Å². The molecule has 1 N–H and O–H groups in total. The zero-order valence-electron chi connectivity index (χ0n) is 14.8.